The minimum atomic E-state index is -1.53. The Morgan fingerprint density at radius 2 is 2.22 bits per heavy atom. The smallest absolute Gasteiger partial charge is 0.175 e. The van der Waals surface area contributed by atoms with Crippen LogP contribution in [0.25, 0.3) is 0 Å². The van der Waals surface area contributed by atoms with Crippen molar-refractivity contribution in [3.8, 4) is 0 Å². The summed E-state index contributed by atoms with van der Waals surface area (Å²) in [7, 11) is 0. The van der Waals surface area contributed by atoms with Crippen molar-refractivity contribution in [2.75, 3.05) is 6.54 Å². The molecule has 0 bridgehead atoms. The highest BCUT2D eigenvalue weighted by Gasteiger charge is 2.30. The molecule has 3 heteroatoms. The molecule has 0 radical (unpaired) electrons. The van der Waals surface area contributed by atoms with Gasteiger partial charge in [-0.25, -0.2) is 0 Å². The van der Waals surface area contributed by atoms with Gasteiger partial charge in [0, 0.05) is 0 Å². The lowest BCUT2D eigenvalue weighted by molar-refractivity contribution is -0.164. The predicted octanol–water partition coefficient (Wildman–Crippen LogP) is -0.561. The van der Waals surface area contributed by atoms with Crippen LogP contribution in [0.3, 0.4) is 0 Å². The second-order valence-corrected chi connectivity index (χ2v) is 2.74. The monoisotopic (exact) mass is 131 g/mol. The first-order chi connectivity index (χ1) is 4.11. The SMILES string of the molecule is CC(O)(O)[C@H]1CCCN1. The van der Waals surface area contributed by atoms with Crippen LogP contribution >= 0.6 is 0 Å². The largest absolute Gasteiger partial charge is 0.365 e. The van der Waals surface area contributed by atoms with Crippen LogP contribution in [-0.4, -0.2) is 28.6 Å². The van der Waals surface area contributed by atoms with Gasteiger partial charge in [0.1, 0.15) is 0 Å². The lowest BCUT2D eigenvalue weighted by Crippen LogP contribution is -2.44. The molecule has 3 nitrogen and oxygen atoms in total. The Morgan fingerprint density at radius 3 is 2.44 bits per heavy atom. The van der Waals surface area contributed by atoms with Crippen LogP contribution in [0.1, 0.15) is 19.8 Å². The average Bonchev–Trinajstić information content (AvgIpc) is 2.08. The lowest BCUT2D eigenvalue weighted by Gasteiger charge is -2.23. The van der Waals surface area contributed by atoms with Crippen molar-refractivity contribution in [3.05, 3.63) is 0 Å². The van der Waals surface area contributed by atoms with Crippen molar-refractivity contribution in [2.24, 2.45) is 0 Å². The van der Waals surface area contributed by atoms with Gasteiger partial charge in [0.25, 0.3) is 0 Å². The lowest BCUT2D eigenvalue weighted by atomic mass is 10.1. The number of aliphatic hydroxyl groups is 2. The molecule has 0 unspecified atom stereocenters. The molecule has 1 saturated heterocycles. The Morgan fingerprint density at radius 1 is 1.56 bits per heavy atom. The van der Waals surface area contributed by atoms with E-state index in [0.29, 0.717) is 0 Å². The number of hydrogen-bond donors (Lipinski definition) is 3. The van der Waals surface area contributed by atoms with Crippen LogP contribution in [0.5, 0.6) is 0 Å². The van der Waals surface area contributed by atoms with E-state index >= 15 is 0 Å². The zero-order valence-corrected chi connectivity index (χ0v) is 5.59. The molecular weight excluding hydrogens is 118 g/mol. The Balaban J connectivity index is 2.42. The molecule has 1 atom stereocenters. The second kappa shape index (κ2) is 2.25. The highest BCUT2D eigenvalue weighted by molar-refractivity contribution is 4.82. The van der Waals surface area contributed by atoms with Crippen LogP contribution < -0.4 is 5.32 Å². The maximum atomic E-state index is 9.01. The molecule has 0 aromatic rings. The number of nitrogens with one attached hydrogen (secondary N) is 1. The Kier molecular flexibility index (Phi) is 1.75. The molecule has 0 aromatic heterocycles. The van der Waals surface area contributed by atoms with Gasteiger partial charge in [-0.3, -0.25) is 0 Å². The highest BCUT2D eigenvalue weighted by atomic mass is 16.5. The van der Waals surface area contributed by atoms with E-state index in [1.54, 1.807) is 0 Å². The first kappa shape index (κ1) is 6.99. The van der Waals surface area contributed by atoms with Gasteiger partial charge in [0.15, 0.2) is 5.79 Å². The highest BCUT2D eigenvalue weighted by Crippen LogP contribution is 2.15. The van der Waals surface area contributed by atoms with Crippen molar-refractivity contribution >= 4 is 0 Å². The molecular formula is C6H13NO2. The molecule has 54 valence electrons. The molecule has 0 aliphatic carbocycles. The zero-order valence-electron chi connectivity index (χ0n) is 5.59. The minimum absolute atomic E-state index is 0.127. The third-order valence-electron chi connectivity index (χ3n) is 1.72. The summed E-state index contributed by atoms with van der Waals surface area (Å²) < 4.78 is 0. The van der Waals surface area contributed by atoms with Crippen LogP contribution in [0, 0.1) is 0 Å². The normalized spacial score (nSPS) is 29.0. The maximum absolute atomic E-state index is 9.01. The predicted molar refractivity (Wildman–Crippen MR) is 33.9 cm³/mol. The molecule has 1 heterocycles. The topological polar surface area (TPSA) is 52.5 Å². The van der Waals surface area contributed by atoms with E-state index < -0.39 is 5.79 Å². The summed E-state index contributed by atoms with van der Waals surface area (Å²) in [5.74, 6) is -1.53. The quantitative estimate of drug-likeness (QED) is 0.418. The summed E-state index contributed by atoms with van der Waals surface area (Å²) in [5, 5.41) is 21.0. The van der Waals surface area contributed by atoms with Crippen LogP contribution in [-0.2, 0) is 0 Å². The number of rotatable bonds is 1. The van der Waals surface area contributed by atoms with E-state index in [2.05, 4.69) is 5.32 Å². The summed E-state index contributed by atoms with van der Waals surface area (Å²) in [5.41, 5.74) is 0. The molecule has 3 N–H and O–H groups in total. The van der Waals surface area contributed by atoms with Gasteiger partial charge in [0.2, 0.25) is 0 Å². The Labute approximate surface area is 54.7 Å². The van der Waals surface area contributed by atoms with Crippen molar-refractivity contribution in [2.45, 2.75) is 31.6 Å². The van der Waals surface area contributed by atoms with E-state index in [4.69, 9.17) is 10.2 Å². The molecule has 1 fully saturated rings. The number of hydrogen-bond acceptors (Lipinski definition) is 3. The fourth-order valence-corrected chi connectivity index (χ4v) is 1.15. The van der Waals surface area contributed by atoms with Crippen LogP contribution in [0.15, 0.2) is 0 Å². The van der Waals surface area contributed by atoms with Crippen molar-refractivity contribution in [3.63, 3.8) is 0 Å². The molecule has 9 heavy (non-hydrogen) atoms. The summed E-state index contributed by atoms with van der Waals surface area (Å²) in [6.07, 6.45) is 1.91. The fourth-order valence-electron chi connectivity index (χ4n) is 1.15. The van der Waals surface area contributed by atoms with E-state index in [9.17, 15) is 0 Å². The van der Waals surface area contributed by atoms with E-state index in [1.165, 1.54) is 6.92 Å². The van der Waals surface area contributed by atoms with E-state index in [0.717, 1.165) is 19.4 Å². The zero-order chi connectivity index (χ0) is 6.91. The van der Waals surface area contributed by atoms with Gasteiger partial charge in [-0.15, -0.1) is 0 Å². The van der Waals surface area contributed by atoms with Crippen molar-refractivity contribution < 1.29 is 10.2 Å². The van der Waals surface area contributed by atoms with Crippen LogP contribution in [0.2, 0.25) is 0 Å². The third kappa shape index (κ3) is 1.64. The first-order valence-corrected chi connectivity index (χ1v) is 3.29. The van der Waals surface area contributed by atoms with Gasteiger partial charge in [-0.1, -0.05) is 0 Å². The molecule has 0 spiro atoms. The summed E-state index contributed by atoms with van der Waals surface area (Å²) in [4.78, 5) is 0. The Hall–Kier alpha value is -0.120. The molecule has 0 saturated carbocycles. The first-order valence-electron chi connectivity index (χ1n) is 3.29. The van der Waals surface area contributed by atoms with Crippen LogP contribution in [0.4, 0.5) is 0 Å². The molecule has 0 amide bonds. The van der Waals surface area contributed by atoms with Gasteiger partial charge in [-0.05, 0) is 26.3 Å². The summed E-state index contributed by atoms with van der Waals surface area (Å²) >= 11 is 0. The standard InChI is InChI=1S/C6H13NO2/c1-6(8,9)5-3-2-4-7-5/h5,7-9H,2-4H2,1H3/t5-/m1/s1. The van der Waals surface area contributed by atoms with E-state index in [-0.39, 0.29) is 6.04 Å². The summed E-state index contributed by atoms with van der Waals surface area (Å²) in [6, 6.07) is -0.127. The second-order valence-electron chi connectivity index (χ2n) is 2.74. The van der Waals surface area contributed by atoms with Gasteiger partial charge >= 0.3 is 0 Å². The van der Waals surface area contributed by atoms with Gasteiger partial charge in [0.05, 0.1) is 6.04 Å². The third-order valence-corrected chi connectivity index (χ3v) is 1.72. The maximum Gasteiger partial charge on any atom is 0.175 e. The molecule has 1 rings (SSSR count). The summed E-state index contributed by atoms with van der Waals surface area (Å²) in [6.45, 7) is 2.32. The molecule has 0 aromatic carbocycles. The van der Waals surface area contributed by atoms with Gasteiger partial charge < -0.3 is 15.5 Å². The average molecular weight is 131 g/mol. The molecule has 1 aliphatic rings. The van der Waals surface area contributed by atoms with Crippen molar-refractivity contribution in [1.82, 2.24) is 5.32 Å². The van der Waals surface area contributed by atoms with Gasteiger partial charge in [-0.2, -0.15) is 0 Å². The molecule has 1 aliphatic heterocycles. The van der Waals surface area contributed by atoms with Crippen molar-refractivity contribution in [1.29, 1.82) is 0 Å². The van der Waals surface area contributed by atoms with E-state index in [1.807, 2.05) is 0 Å². The minimum Gasteiger partial charge on any atom is -0.365 e. The fraction of sp³-hybridized carbons (Fsp3) is 1.00. The Bertz CT molecular complexity index is 91.7.